The minimum Gasteiger partial charge on any atom is -0.369 e. The average molecular weight is 470 g/mol. The molecule has 2 saturated heterocycles. The molecule has 0 aliphatic carbocycles. The predicted molar refractivity (Wildman–Crippen MR) is 127 cm³/mol. The third-order valence-electron chi connectivity index (χ3n) is 6.17. The molecule has 2 aromatic rings. The summed E-state index contributed by atoms with van der Waals surface area (Å²) in [6, 6.07) is 16.9. The smallest absolute Gasteiger partial charge is 0.344 e. The van der Waals surface area contributed by atoms with Gasteiger partial charge in [0.15, 0.2) is 0 Å². The van der Waals surface area contributed by atoms with Gasteiger partial charge in [0, 0.05) is 36.9 Å². The van der Waals surface area contributed by atoms with Crippen LogP contribution in [0.25, 0.3) is 0 Å². The Balaban J connectivity index is 1.27. The Morgan fingerprint density at radius 3 is 2.48 bits per heavy atom. The molecule has 2 aliphatic rings. The molecule has 0 spiro atoms. The minimum absolute atomic E-state index is 0.112. The number of piperazine rings is 1. The molecule has 1 unspecified atom stereocenters. The van der Waals surface area contributed by atoms with E-state index >= 15 is 0 Å². The van der Waals surface area contributed by atoms with Crippen LogP contribution in [0.15, 0.2) is 54.6 Å². The average Bonchev–Trinajstić information content (AvgIpc) is 3.02. The maximum absolute atomic E-state index is 12.9. The SMILES string of the molecule is CC1(CCc2ccccc2)NC(=O)N(NC(=O)CN2CCN(c3cccc(Cl)c3)CC2)C1=O. The van der Waals surface area contributed by atoms with Crippen molar-refractivity contribution >= 4 is 35.1 Å². The number of anilines is 1. The van der Waals surface area contributed by atoms with Crippen LogP contribution in [-0.2, 0) is 16.0 Å². The molecule has 0 saturated carbocycles. The number of hydrazine groups is 1. The highest BCUT2D eigenvalue weighted by molar-refractivity contribution is 6.30. The van der Waals surface area contributed by atoms with Crippen LogP contribution in [0.2, 0.25) is 5.02 Å². The summed E-state index contributed by atoms with van der Waals surface area (Å²) in [5, 5.41) is 4.24. The summed E-state index contributed by atoms with van der Waals surface area (Å²) in [6.45, 7) is 4.70. The zero-order valence-corrected chi connectivity index (χ0v) is 19.3. The van der Waals surface area contributed by atoms with Crippen molar-refractivity contribution in [3.63, 3.8) is 0 Å². The number of aryl methyl sites for hydroxylation is 1. The number of carbonyl (C=O) groups is 3. The van der Waals surface area contributed by atoms with Crippen molar-refractivity contribution in [1.29, 1.82) is 0 Å². The molecule has 2 N–H and O–H groups in total. The van der Waals surface area contributed by atoms with Crippen LogP contribution in [0.1, 0.15) is 18.9 Å². The van der Waals surface area contributed by atoms with Crippen molar-refractivity contribution in [2.75, 3.05) is 37.6 Å². The summed E-state index contributed by atoms with van der Waals surface area (Å²) in [7, 11) is 0. The van der Waals surface area contributed by atoms with Crippen LogP contribution >= 0.6 is 11.6 Å². The van der Waals surface area contributed by atoms with Gasteiger partial charge in [-0.15, -0.1) is 0 Å². The third-order valence-corrected chi connectivity index (χ3v) is 6.40. The molecule has 9 heteroatoms. The van der Waals surface area contributed by atoms with Gasteiger partial charge in [-0.2, -0.15) is 5.01 Å². The van der Waals surface area contributed by atoms with E-state index < -0.39 is 17.5 Å². The number of rotatable bonds is 7. The Kier molecular flexibility index (Phi) is 6.85. The highest BCUT2D eigenvalue weighted by Crippen LogP contribution is 2.23. The Bertz CT molecular complexity index is 1030. The lowest BCUT2D eigenvalue weighted by Gasteiger charge is -2.35. The van der Waals surface area contributed by atoms with Gasteiger partial charge in [-0.3, -0.25) is 19.9 Å². The first-order valence-corrected chi connectivity index (χ1v) is 11.4. The monoisotopic (exact) mass is 469 g/mol. The van der Waals surface area contributed by atoms with Gasteiger partial charge >= 0.3 is 6.03 Å². The molecule has 2 fully saturated rings. The summed E-state index contributed by atoms with van der Waals surface area (Å²) in [5.74, 6) is -0.829. The van der Waals surface area contributed by atoms with Gasteiger partial charge in [-0.25, -0.2) is 4.79 Å². The number of nitrogens with zero attached hydrogens (tertiary/aromatic N) is 3. The van der Waals surface area contributed by atoms with E-state index in [4.69, 9.17) is 11.6 Å². The quantitative estimate of drug-likeness (QED) is 0.608. The van der Waals surface area contributed by atoms with Gasteiger partial charge in [-0.05, 0) is 43.5 Å². The van der Waals surface area contributed by atoms with E-state index in [1.807, 2.05) is 59.5 Å². The van der Waals surface area contributed by atoms with E-state index in [1.165, 1.54) is 0 Å². The van der Waals surface area contributed by atoms with Gasteiger partial charge in [0.2, 0.25) is 0 Å². The number of carbonyl (C=O) groups excluding carboxylic acids is 3. The Hall–Kier alpha value is -3.10. The summed E-state index contributed by atoms with van der Waals surface area (Å²) in [6.07, 6.45) is 1.08. The molecule has 0 radical (unpaired) electrons. The highest BCUT2D eigenvalue weighted by atomic mass is 35.5. The van der Waals surface area contributed by atoms with Crippen molar-refractivity contribution in [3.8, 4) is 0 Å². The number of urea groups is 1. The van der Waals surface area contributed by atoms with Crippen molar-refractivity contribution < 1.29 is 14.4 Å². The molecule has 2 aliphatic heterocycles. The van der Waals surface area contributed by atoms with E-state index in [0.29, 0.717) is 31.0 Å². The first kappa shape index (κ1) is 23.1. The van der Waals surface area contributed by atoms with Crippen LogP contribution in [0.3, 0.4) is 0 Å². The zero-order valence-electron chi connectivity index (χ0n) is 18.6. The van der Waals surface area contributed by atoms with E-state index in [2.05, 4.69) is 15.6 Å². The first-order chi connectivity index (χ1) is 15.8. The Labute approximate surface area is 198 Å². The van der Waals surface area contributed by atoms with Crippen molar-refractivity contribution in [2.24, 2.45) is 0 Å². The number of imide groups is 1. The molecule has 33 heavy (non-hydrogen) atoms. The van der Waals surface area contributed by atoms with Crippen LogP contribution in [-0.4, -0.2) is 66.0 Å². The molecule has 1 atom stereocenters. The van der Waals surface area contributed by atoms with E-state index in [9.17, 15) is 14.4 Å². The van der Waals surface area contributed by atoms with E-state index in [1.54, 1.807) is 6.92 Å². The lowest BCUT2D eigenvalue weighted by atomic mass is 9.93. The number of hydrogen-bond donors (Lipinski definition) is 2. The fourth-order valence-electron chi connectivity index (χ4n) is 4.19. The van der Waals surface area contributed by atoms with E-state index in [0.717, 1.165) is 29.3 Å². The lowest BCUT2D eigenvalue weighted by Crippen LogP contribution is -2.54. The minimum atomic E-state index is -1.05. The molecule has 4 rings (SSSR count). The number of hydrogen-bond acceptors (Lipinski definition) is 5. The molecule has 174 valence electrons. The van der Waals surface area contributed by atoms with Gasteiger partial charge in [0.05, 0.1) is 6.54 Å². The fourth-order valence-corrected chi connectivity index (χ4v) is 4.38. The standard InChI is InChI=1S/C24H28ClN5O3/c1-24(11-10-18-6-3-2-4-7-18)22(32)30(23(33)26-24)27-21(31)17-28-12-14-29(15-13-28)20-9-5-8-19(25)16-20/h2-9,16H,10-15,17H2,1H3,(H,26,33)(H,27,31). The molecule has 2 heterocycles. The summed E-state index contributed by atoms with van der Waals surface area (Å²) in [4.78, 5) is 42.1. The highest BCUT2D eigenvalue weighted by Gasteiger charge is 2.48. The largest absolute Gasteiger partial charge is 0.369 e. The summed E-state index contributed by atoms with van der Waals surface area (Å²) in [5.41, 5.74) is 3.58. The third kappa shape index (κ3) is 5.46. The molecule has 0 aromatic heterocycles. The maximum Gasteiger partial charge on any atom is 0.344 e. The van der Waals surface area contributed by atoms with Crippen LogP contribution in [0, 0.1) is 0 Å². The predicted octanol–water partition coefficient (Wildman–Crippen LogP) is 2.44. The fraction of sp³-hybridized carbons (Fsp3) is 0.375. The van der Waals surface area contributed by atoms with Crippen LogP contribution < -0.4 is 15.6 Å². The summed E-state index contributed by atoms with van der Waals surface area (Å²) >= 11 is 6.08. The Morgan fingerprint density at radius 2 is 1.79 bits per heavy atom. The molecular weight excluding hydrogens is 442 g/mol. The van der Waals surface area contributed by atoms with Crippen molar-refractivity contribution in [3.05, 3.63) is 65.2 Å². The van der Waals surface area contributed by atoms with Gasteiger partial charge < -0.3 is 10.2 Å². The normalized spacial score (nSPS) is 21.3. The molecule has 2 aromatic carbocycles. The van der Waals surface area contributed by atoms with E-state index in [-0.39, 0.29) is 12.5 Å². The van der Waals surface area contributed by atoms with Gasteiger partial charge in [0.1, 0.15) is 5.54 Å². The van der Waals surface area contributed by atoms with Crippen molar-refractivity contribution in [2.45, 2.75) is 25.3 Å². The first-order valence-electron chi connectivity index (χ1n) is 11.1. The molecular formula is C24H28ClN5O3. The van der Waals surface area contributed by atoms with Gasteiger partial charge in [-0.1, -0.05) is 48.0 Å². The number of amides is 4. The van der Waals surface area contributed by atoms with Crippen LogP contribution in [0.4, 0.5) is 10.5 Å². The van der Waals surface area contributed by atoms with Crippen molar-refractivity contribution in [1.82, 2.24) is 20.7 Å². The number of nitrogens with one attached hydrogen (secondary N) is 2. The molecule has 8 nitrogen and oxygen atoms in total. The number of halogens is 1. The van der Waals surface area contributed by atoms with Crippen LogP contribution in [0.5, 0.6) is 0 Å². The molecule has 4 amide bonds. The zero-order chi connectivity index (χ0) is 23.4. The second-order valence-electron chi connectivity index (χ2n) is 8.67. The second-order valence-corrected chi connectivity index (χ2v) is 9.10. The maximum atomic E-state index is 12.9. The van der Waals surface area contributed by atoms with Gasteiger partial charge in [0.25, 0.3) is 11.8 Å². The number of benzene rings is 2. The topological polar surface area (TPSA) is 85.0 Å². The molecule has 0 bridgehead atoms. The lowest BCUT2D eigenvalue weighted by molar-refractivity contribution is -0.139. The summed E-state index contributed by atoms with van der Waals surface area (Å²) < 4.78 is 0. The second kappa shape index (κ2) is 9.80. The Morgan fingerprint density at radius 1 is 1.06 bits per heavy atom.